The SMILES string of the molecule is CC1(c2cccc(Br)n2)COS(=O)(=O)N1. The Hall–Kier alpha value is -0.500. The molecule has 82 valence electrons. The van der Waals surface area contributed by atoms with Gasteiger partial charge in [0.1, 0.15) is 4.60 Å². The molecule has 2 heterocycles. The van der Waals surface area contributed by atoms with E-state index in [4.69, 9.17) is 0 Å². The summed E-state index contributed by atoms with van der Waals surface area (Å²) < 4.78 is 30.0. The number of pyridine rings is 1. The molecule has 0 amide bonds. The molecule has 15 heavy (non-hydrogen) atoms. The van der Waals surface area contributed by atoms with Gasteiger partial charge in [0.25, 0.3) is 0 Å². The van der Waals surface area contributed by atoms with Gasteiger partial charge in [-0.25, -0.2) is 4.98 Å². The van der Waals surface area contributed by atoms with E-state index in [0.717, 1.165) is 0 Å². The van der Waals surface area contributed by atoms with Crippen molar-refractivity contribution in [2.24, 2.45) is 0 Å². The van der Waals surface area contributed by atoms with Crippen LogP contribution in [0, 0.1) is 0 Å². The summed E-state index contributed by atoms with van der Waals surface area (Å²) >= 11 is 3.23. The first-order valence-corrected chi connectivity index (χ1v) is 6.43. The van der Waals surface area contributed by atoms with Crippen LogP contribution >= 0.6 is 15.9 Å². The average molecular weight is 293 g/mol. The molecule has 2 rings (SSSR count). The standard InChI is InChI=1S/C8H9BrN2O3S/c1-8(5-14-15(12,13)11-8)6-3-2-4-7(9)10-6/h2-4,11H,5H2,1H3. The fraction of sp³-hybridized carbons (Fsp3) is 0.375. The number of nitrogens with zero attached hydrogens (tertiary/aromatic N) is 1. The molecule has 0 spiro atoms. The van der Waals surface area contributed by atoms with E-state index >= 15 is 0 Å². The second-order valence-corrected chi connectivity index (χ2v) is 5.66. The maximum atomic E-state index is 11.1. The highest BCUT2D eigenvalue weighted by atomic mass is 79.9. The van der Waals surface area contributed by atoms with E-state index < -0.39 is 15.8 Å². The van der Waals surface area contributed by atoms with Crippen LogP contribution in [0.3, 0.4) is 0 Å². The summed E-state index contributed by atoms with van der Waals surface area (Å²) in [4.78, 5) is 4.20. The molecule has 0 saturated carbocycles. The van der Waals surface area contributed by atoms with E-state index in [1.54, 1.807) is 25.1 Å². The lowest BCUT2D eigenvalue weighted by Gasteiger charge is -2.19. The molecular formula is C8H9BrN2O3S. The van der Waals surface area contributed by atoms with Crippen LogP contribution in [0.4, 0.5) is 0 Å². The molecule has 0 aromatic carbocycles. The summed E-state index contributed by atoms with van der Waals surface area (Å²) in [5.41, 5.74) is -0.166. The molecule has 1 aromatic heterocycles. The molecule has 5 nitrogen and oxygen atoms in total. The number of halogens is 1. The van der Waals surface area contributed by atoms with E-state index in [1.165, 1.54) is 0 Å². The summed E-state index contributed by atoms with van der Waals surface area (Å²) in [6, 6.07) is 5.32. The number of nitrogens with one attached hydrogen (secondary N) is 1. The van der Waals surface area contributed by atoms with Crippen LogP contribution in [0.15, 0.2) is 22.8 Å². The zero-order valence-electron chi connectivity index (χ0n) is 7.90. The number of hydrogen-bond donors (Lipinski definition) is 1. The van der Waals surface area contributed by atoms with Crippen molar-refractivity contribution in [2.45, 2.75) is 12.5 Å². The monoisotopic (exact) mass is 292 g/mol. The van der Waals surface area contributed by atoms with Crippen LogP contribution in [0.1, 0.15) is 12.6 Å². The Balaban J connectivity index is 2.40. The highest BCUT2D eigenvalue weighted by molar-refractivity contribution is 9.10. The first-order valence-electron chi connectivity index (χ1n) is 4.23. The van der Waals surface area contributed by atoms with Gasteiger partial charge in [-0.1, -0.05) is 6.07 Å². The smallest absolute Gasteiger partial charge is 0.256 e. The summed E-state index contributed by atoms with van der Waals surface area (Å²) in [6.07, 6.45) is 0. The summed E-state index contributed by atoms with van der Waals surface area (Å²) in [5.74, 6) is 0. The fourth-order valence-corrected chi connectivity index (χ4v) is 2.88. The van der Waals surface area contributed by atoms with Crippen molar-refractivity contribution in [3.63, 3.8) is 0 Å². The van der Waals surface area contributed by atoms with Crippen LogP contribution in [-0.2, 0) is 20.0 Å². The van der Waals surface area contributed by atoms with E-state index in [-0.39, 0.29) is 6.61 Å². The topological polar surface area (TPSA) is 68.3 Å². The largest absolute Gasteiger partial charge is 0.336 e. The van der Waals surface area contributed by atoms with Crippen molar-refractivity contribution < 1.29 is 12.6 Å². The van der Waals surface area contributed by atoms with E-state index in [9.17, 15) is 8.42 Å². The third-order valence-corrected chi connectivity index (χ3v) is 3.70. The van der Waals surface area contributed by atoms with Crippen LogP contribution in [0.2, 0.25) is 0 Å². The number of aromatic nitrogens is 1. The van der Waals surface area contributed by atoms with Crippen LogP contribution in [0.5, 0.6) is 0 Å². The van der Waals surface area contributed by atoms with Crippen LogP contribution < -0.4 is 4.72 Å². The minimum Gasteiger partial charge on any atom is -0.256 e. The lowest BCUT2D eigenvalue weighted by Crippen LogP contribution is -2.38. The predicted octanol–water partition coefficient (Wildman–Crippen LogP) is 0.924. The minimum atomic E-state index is -3.62. The molecule has 1 aliphatic rings. The van der Waals surface area contributed by atoms with Gasteiger partial charge in [0, 0.05) is 0 Å². The van der Waals surface area contributed by atoms with Crippen molar-refractivity contribution in [3.8, 4) is 0 Å². The van der Waals surface area contributed by atoms with Crippen molar-refractivity contribution >= 4 is 26.2 Å². The van der Waals surface area contributed by atoms with Crippen molar-refractivity contribution in [2.75, 3.05) is 6.61 Å². The highest BCUT2D eigenvalue weighted by Crippen LogP contribution is 2.27. The van der Waals surface area contributed by atoms with Gasteiger partial charge < -0.3 is 0 Å². The Bertz CT molecular complexity index is 490. The zero-order chi connectivity index (χ0) is 11.1. The molecule has 0 bridgehead atoms. The third kappa shape index (κ3) is 2.20. The summed E-state index contributed by atoms with van der Waals surface area (Å²) in [5, 5.41) is 0. The van der Waals surface area contributed by atoms with Gasteiger partial charge >= 0.3 is 10.3 Å². The lowest BCUT2D eigenvalue weighted by molar-refractivity contribution is 0.282. The molecule has 1 N–H and O–H groups in total. The van der Waals surface area contributed by atoms with Gasteiger partial charge in [0.05, 0.1) is 17.8 Å². The number of hydrogen-bond acceptors (Lipinski definition) is 4. The Morgan fingerprint density at radius 1 is 1.60 bits per heavy atom. The molecule has 1 saturated heterocycles. The van der Waals surface area contributed by atoms with Gasteiger partial charge in [-0.15, -0.1) is 0 Å². The predicted molar refractivity (Wildman–Crippen MR) is 57.3 cm³/mol. The minimum absolute atomic E-state index is 0.0544. The molecule has 0 radical (unpaired) electrons. The average Bonchev–Trinajstić information content (AvgIpc) is 2.42. The van der Waals surface area contributed by atoms with E-state index in [2.05, 4.69) is 29.8 Å². The summed E-state index contributed by atoms with van der Waals surface area (Å²) in [6.45, 7) is 1.78. The maximum Gasteiger partial charge on any atom is 0.336 e. The Labute approximate surface area is 96.2 Å². The Morgan fingerprint density at radius 2 is 2.33 bits per heavy atom. The van der Waals surface area contributed by atoms with Gasteiger partial charge in [0.15, 0.2) is 0 Å². The fourth-order valence-electron chi connectivity index (χ4n) is 1.37. The molecule has 1 atom stereocenters. The zero-order valence-corrected chi connectivity index (χ0v) is 10.3. The third-order valence-electron chi connectivity index (χ3n) is 2.13. The Morgan fingerprint density at radius 3 is 2.87 bits per heavy atom. The Kier molecular flexibility index (Phi) is 2.58. The molecule has 1 unspecified atom stereocenters. The molecule has 1 aromatic rings. The van der Waals surface area contributed by atoms with Gasteiger partial charge in [-0.05, 0) is 35.0 Å². The van der Waals surface area contributed by atoms with Crippen molar-refractivity contribution in [1.82, 2.24) is 9.71 Å². The summed E-state index contributed by atoms with van der Waals surface area (Å²) in [7, 11) is -3.62. The second-order valence-electron chi connectivity index (χ2n) is 3.50. The second kappa shape index (κ2) is 3.51. The van der Waals surface area contributed by atoms with Gasteiger partial charge in [0.2, 0.25) is 0 Å². The molecule has 1 fully saturated rings. The highest BCUT2D eigenvalue weighted by Gasteiger charge is 2.41. The van der Waals surface area contributed by atoms with Crippen LogP contribution in [-0.4, -0.2) is 20.0 Å². The first-order chi connectivity index (χ1) is 6.91. The lowest BCUT2D eigenvalue weighted by atomic mass is 10.0. The quantitative estimate of drug-likeness (QED) is 0.782. The van der Waals surface area contributed by atoms with Crippen LogP contribution in [0.25, 0.3) is 0 Å². The first kappa shape index (κ1) is 11.0. The maximum absolute atomic E-state index is 11.1. The van der Waals surface area contributed by atoms with Gasteiger partial charge in [-0.3, -0.25) is 4.18 Å². The molecule has 0 aliphatic carbocycles. The van der Waals surface area contributed by atoms with Crippen molar-refractivity contribution in [1.29, 1.82) is 0 Å². The van der Waals surface area contributed by atoms with Gasteiger partial charge in [-0.2, -0.15) is 13.1 Å². The molecule has 7 heteroatoms. The molecular weight excluding hydrogens is 284 g/mol. The van der Waals surface area contributed by atoms with E-state index in [1.807, 2.05) is 0 Å². The van der Waals surface area contributed by atoms with Crippen molar-refractivity contribution in [3.05, 3.63) is 28.5 Å². The number of rotatable bonds is 1. The normalized spacial score (nSPS) is 29.2. The molecule has 1 aliphatic heterocycles. The van der Waals surface area contributed by atoms with E-state index in [0.29, 0.717) is 10.3 Å².